The molecule has 0 spiro atoms. The van der Waals surface area contributed by atoms with Crippen molar-refractivity contribution in [2.45, 2.75) is 44.1 Å². The summed E-state index contributed by atoms with van der Waals surface area (Å²) in [6.45, 7) is 4.37. The monoisotopic (exact) mass is 657 g/mol. The number of piperazine rings is 1. The standard InChI is InChI=1S/C34H36BrN5O4/c1-2-17-38-31(19-26-13-15-28(35)16-14-26)33(42)39(32(34(38)43)24-44-23-27-11-7-4-8-12-27)20-29-21-40(37-36-29)30(22-41)18-25-9-5-3-6-10-25/h2-16,21,30-32,41H,1,17-20,22-24H2/t30-,31-,32-/m0/s1. The molecule has 1 saturated heterocycles. The summed E-state index contributed by atoms with van der Waals surface area (Å²) >= 11 is 3.46. The molecular formula is C34H36BrN5O4. The van der Waals surface area contributed by atoms with Crippen LogP contribution >= 0.6 is 15.9 Å². The highest BCUT2D eigenvalue weighted by molar-refractivity contribution is 9.10. The van der Waals surface area contributed by atoms with Gasteiger partial charge in [0.1, 0.15) is 17.8 Å². The summed E-state index contributed by atoms with van der Waals surface area (Å²) in [6, 6.07) is 25.4. The molecule has 0 bridgehead atoms. The van der Waals surface area contributed by atoms with Crippen molar-refractivity contribution in [2.24, 2.45) is 0 Å². The quantitative estimate of drug-likeness (QED) is 0.202. The zero-order valence-electron chi connectivity index (χ0n) is 24.4. The van der Waals surface area contributed by atoms with Gasteiger partial charge in [-0.15, -0.1) is 11.7 Å². The SMILES string of the molecule is C=CCN1C(=O)[C@H](COCc2ccccc2)N(Cc2cn([C@H](CO)Cc3ccccc3)nn2)C(=O)[C@@H]1Cc1ccc(Br)cc1. The van der Waals surface area contributed by atoms with E-state index in [1.54, 1.807) is 26.8 Å². The number of benzene rings is 3. The van der Waals surface area contributed by atoms with Crippen LogP contribution < -0.4 is 0 Å². The maximum atomic E-state index is 14.3. The first-order valence-corrected chi connectivity index (χ1v) is 15.4. The summed E-state index contributed by atoms with van der Waals surface area (Å²) in [6.07, 6.45) is 4.31. The van der Waals surface area contributed by atoms with E-state index < -0.39 is 12.1 Å². The normalized spacial score (nSPS) is 17.6. The average molecular weight is 659 g/mol. The van der Waals surface area contributed by atoms with Gasteiger partial charge >= 0.3 is 0 Å². The molecule has 2 amide bonds. The lowest BCUT2D eigenvalue weighted by Gasteiger charge is -2.44. The first kappa shape index (κ1) is 31.3. The molecule has 4 aromatic rings. The number of halogens is 1. The van der Waals surface area contributed by atoms with E-state index in [1.165, 1.54) is 0 Å². The fraction of sp³-hybridized carbons (Fsp3) is 0.294. The van der Waals surface area contributed by atoms with Gasteiger partial charge in [0.15, 0.2) is 0 Å². The minimum Gasteiger partial charge on any atom is -0.394 e. The van der Waals surface area contributed by atoms with Crippen LogP contribution in [0.1, 0.15) is 28.4 Å². The molecule has 9 nitrogen and oxygen atoms in total. The Kier molecular flexibility index (Phi) is 10.7. The number of aliphatic hydroxyl groups excluding tert-OH is 1. The van der Waals surface area contributed by atoms with Gasteiger partial charge in [-0.05, 0) is 35.2 Å². The molecule has 0 unspecified atom stereocenters. The van der Waals surface area contributed by atoms with Crippen molar-refractivity contribution in [3.05, 3.63) is 131 Å². The largest absolute Gasteiger partial charge is 0.394 e. The number of hydrogen-bond acceptors (Lipinski definition) is 6. The molecule has 0 aliphatic carbocycles. The fourth-order valence-corrected chi connectivity index (χ4v) is 5.70. The Morgan fingerprint density at radius 3 is 2.20 bits per heavy atom. The molecule has 0 saturated carbocycles. The van der Waals surface area contributed by atoms with Crippen LogP contribution in [-0.4, -0.2) is 73.6 Å². The van der Waals surface area contributed by atoms with Crippen LogP contribution in [0.15, 0.2) is 108 Å². The van der Waals surface area contributed by atoms with Crippen molar-refractivity contribution in [3.63, 3.8) is 0 Å². The third kappa shape index (κ3) is 7.68. The molecule has 0 radical (unpaired) electrons. The van der Waals surface area contributed by atoms with Crippen LogP contribution in [0.5, 0.6) is 0 Å². The number of hydrogen-bond donors (Lipinski definition) is 1. The third-order valence-corrected chi connectivity index (χ3v) is 8.26. The Balaban J connectivity index is 1.40. The second kappa shape index (κ2) is 15.1. The lowest BCUT2D eigenvalue weighted by molar-refractivity contribution is -0.165. The Bertz CT molecular complexity index is 1530. The highest BCUT2D eigenvalue weighted by Gasteiger charge is 2.45. The van der Waals surface area contributed by atoms with Gasteiger partial charge in [0.25, 0.3) is 0 Å². The summed E-state index contributed by atoms with van der Waals surface area (Å²) < 4.78 is 8.58. The van der Waals surface area contributed by atoms with Crippen LogP contribution in [0.2, 0.25) is 0 Å². The molecule has 44 heavy (non-hydrogen) atoms. The van der Waals surface area contributed by atoms with E-state index in [1.807, 2.05) is 84.9 Å². The first-order valence-electron chi connectivity index (χ1n) is 14.6. The molecule has 3 aromatic carbocycles. The van der Waals surface area contributed by atoms with Crippen LogP contribution in [0, 0.1) is 0 Å². The maximum Gasteiger partial charge on any atom is 0.248 e. The van der Waals surface area contributed by atoms with Crippen LogP contribution in [0.4, 0.5) is 0 Å². The van der Waals surface area contributed by atoms with E-state index in [9.17, 15) is 14.7 Å². The van der Waals surface area contributed by atoms with Crippen molar-refractivity contribution in [3.8, 4) is 0 Å². The van der Waals surface area contributed by atoms with E-state index in [0.717, 1.165) is 21.2 Å². The molecule has 5 rings (SSSR count). The van der Waals surface area contributed by atoms with Crippen LogP contribution in [0.25, 0.3) is 0 Å². The first-order chi connectivity index (χ1) is 21.5. The second-order valence-corrected chi connectivity index (χ2v) is 11.7. The summed E-state index contributed by atoms with van der Waals surface area (Å²) in [4.78, 5) is 31.5. The van der Waals surface area contributed by atoms with Crippen molar-refractivity contribution >= 4 is 27.7 Å². The number of nitrogens with zero attached hydrogens (tertiary/aromatic N) is 5. The number of aliphatic hydroxyl groups is 1. The molecular weight excluding hydrogens is 622 g/mol. The number of carbonyl (C=O) groups excluding carboxylic acids is 2. The molecule has 10 heteroatoms. The Morgan fingerprint density at radius 2 is 1.55 bits per heavy atom. The molecule has 2 heterocycles. The smallest absolute Gasteiger partial charge is 0.248 e. The lowest BCUT2D eigenvalue weighted by Crippen LogP contribution is -2.66. The zero-order chi connectivity index (χ0) is 30.9. The highest BCUT2D eigenvalue weighted by Crippen LogP contribution is 2.25. The Hall–Kier alpha value is -4.12. The molecule has 228 valence electrons. The molecule has 1 aromatic heterocycles. The predicted molar refractivity (Wildman–Crippen MR) is 170 cm³/mol. The van der Waals surface area contributed by atoms with Gasteiger partial charge < -0.3 is 19.6 Å². The molecule has 1 fully saturated rings. The number of carbonyl (C=O) groups is 2. The fourth-order valence-electron chi connectivity index (χ4n) is 5.43. The number of rotatable bonds is 14. The number of aromatic nitrogens is 3. The Labute approximate surface area is 265 Å². The Morgan fingerprint density at radius 1 is 0.886 bits per heavy atom. The molecule has 3 atom stereocenters. The average Bonchev–Trinajstić information content (AvgIpc) is 3.52. The van der Waals surface area contributed by atoms with Gasteiger partial charge in [-0.25, -0.2) is 4.68 Å². The minimum absolute atomic E-state index is 0.0273. The summed E-state index contributed by atoms with van der Waals surface area (Å²) in [5.41, 5.74) is 3.49. The van der Waals surface area contributed by atoms with Gasteiger partial charge in [-0.1, -0.05) is 100 Å². The molecule has 1 aliphatic rings. The minimum atomic E-state index is -0.851. The topological polar surface area (TPSA) is 101 Å². The number of ether oxygens (including phenoxy) is 1. The number of amides is 2. The van der Waals surface area contributed by atoms with Gasteiger partial charge in [0.2, 0.25) is 11.8 Å². The van der Waals surface area contributed by atoms with E-state index in [4.69, 9.17) is 4.74 Å². The van der Waals surface area contributed by atoms with Gasteiger partial charge in [-0.2, -0.15) is 0 Å². The van der Waals surface area contributed by atoms with E-state index in [2.05, 4.69) is 32.8 Å². The second-order valence-electron chi connectivity index (χ2n) is 10.8. The lowest BCUT2D eigenvalue weighted by atomic mass is 9.97. The third-order valence-electron chi connectivity index (χ3n) is 7.73. The van der Waals surface area contributed by atoms with Gasteiger partial charge in [-0.3, -0.25) is 9.59 Å². The highest BCUT2D eigenvalue weighted by atomic mass is 79.9. The zero-order valence-corrected chi connectivity index (χ0v) is 26.0. The summed E-state index contributed by atoms with van der Waals surface area (Å²) in [5, 5.41) is 18.7. The summed E-state index contributed by atoms with van der Waals surface area (Å²) in [7, 11) is 0. The van der Waals surface area contributed by atoms with Crippen LogP contribution in [-0.2, 0) is 40.3 Å². The van der Waals surface area contributed by atoms with E-state index >= 15 is 0 Å². The van der Waals surface area contributed by atoms with Crippen molar-refractivity contribution in [1.29, 1.82) is 0 Å². The van der Waals surface area contributed by atoms with Crippen molar-refractivity contribution < 1.29 is 19.4 Å². The predicted octanol–water partition coefficient (Wildman–Crippen LogP) is 4.37. The van der Waals surface area contributed by atoms with E-state index in [-0.39, 0.29) is 44.2 Å². The molecule has 1 aliphatic heterocycles. The van der Waals surface area contributed by atoms with Gasteiger partial charge in [0, 0.05) is 17.4 Å². The summed E-state index contributed by atoms with van der Waals surface area (Å²) in [5.74, 6) is -0.399. The van der Waals surface area contributed by atoms with Gasteiger partial charge in [0.05, 0.1) is 38.6 Å². The molecule has 1 N–H and O–H groups in total. The maximum absolute atomic E-state index is 14.3. The van der Waals surface area contributed by atoms with Crippen molar-refractivity contribution in [1.82, 2.24) is 24.8 Å². The van der Waals surface area contributed by atoms with Crippen molar-refractivity contribution in [2.75, 3.05) is 19.8 Å². The van der Waals surface area contributed by atoms with Crippen LogP contribution in [0.3, 0.4) is 0 Å². The van der Waals surface area contributed by atoms with E-state index in [0.29, 0.717) is 25.1 Å².